The van der Waals surface area contributed by atoms with E-state index in [0.29, 0.717) is 11.4 Å². The van der Waals surface area contributed by atoms with Crippen LogP contribution in [0.3, 0.4) is 0 Å². The summed E-state index contributed by atoms with van der Waals surface area (Å²) in [5.41, 5.74) is 1.64. The largest absolute Gasteiger partial charge is 0.496 e. The third-order valence-corrected chi connectivity index (χ3v) is 1.63. The molecule has 0 aliphatic carbocycles. The Bertz CT molecular complexity index is 307. The number of nitroso groups, excluding NO2 is 1. The second kappa shape index (κ2) is 3.34. The van der Waals surface area contributed by atoms with Crippen LogP contribution in [0.1, 0.15) is 5.56 Å². The Hall–Kier alpha value is -1.38. The molecule has 1 aromatic rings. The first-order chi connectivity index (χ1) is 5.63. The van der Waals surface area contributed by atoms with E-state index in [1.54, 1.807) is 13.2 Å². The monoisotopic (exact) mass is 166 g/mol. The van der Waals surface area contributed by atoms with Crippen LogP contribution in [-0.4, -0.2) is 18.9 Å². The van der Waals surface area contributed by atoms with Gasteiger partial charge in [0.05, 0.1) is 13.2 Å². The van der Waals surface area contributed by atoms with Gasteiger partial charge in [-0.25, -0.2) is 0 Å². The topological polar surface area (TPSA) is 29.3 Å². The van der Waals surface area contributed by atoms with Gasteiger partial charge in [0.2, 0.25) is 0 Å². The molecule has 0 bridgehead atoms. The maximum absolute atomic E-state index is 10.9. The highest BCUT2D eigenvalue weighted by molar-refractivity contribution is 5.41. The van der Waals surface area contributed by atoms with Crippen molar-refractivity contribution in [2.45, 2.75) is 6.92 Å². The molecule has 0 heterocycles. The second-order valence-corrected chi connectivity index (χ2v) is 2.71. The van der Waals surface area contributed by atoms with E-state index in [1.165, 1.54) is 7.05 Å². The van der Waals surface area contributed by atoms with E-state index >= 15 is 0 Å². The molecule has 1 rings (SSSR count). The molecular formula is C9H12NO2+. The number of ether oxygens (including phenoxy) is 1. The van der Waals surface area contributed by atoms with Crippen molar-refractivity contribution in [1.29, 1.82) is 0 Å². The molecule has 0 aromatic heterocycles. The molecule has 0 N–H and O–H groups in total. The lowest BCUT2D eigenvalue weighted by molar-refractivity contribution is -0.428. The zero-order valence-corrected chi connectivity index (χ0v) is 7.50. The Labute approximate surface area is 71.5 Å². The first kappa shape index (κ1) is 8.71. The lowest BCUT2D eigenvalue weighted by Crippen LogP contribution is -1.92. The van der Waals surface area contributed by atoms with Gasteiger partial charge in [-0.2, -0.15) is 0 Å². The second-order valence-electron chi connectivity index (χ2n) is 2.71. The average molecular weight is 166 g/mol. The van der Waals surface area contributed by atoms with E-state index in [-0.39, 0.29) is 0 Å². The Morgan fingerprint density at radius 1 is 1.33 bits per heavy atom. The fraction of sp³-hybridized carbons (Fsp3) is 0.333. The molecule has 0 amide bonds. The van der Waals surface area contributed by atoms with Crippen LogP contribution >= 0.6 is 0 Å². The summed E-state index contributed by atoms with van der Waals surface area (Å²) in [6.07, 6.45) is 0. The number of hydrogen-bond donors (Lipinski definition) is 0. The zero-order valence-electron chi connectivity index (χ0n) is 7.50. The molecule has 0 saturated heterocycles. The summed E-state index contributed by atoms with van der Waals surface area (Å²) >= 11 is 0. The van der Waals surface area contributed by atoms with Gasteiger partial charge in [0.1, 0.15) is 5.75 Å². The van der Waals surface area contributed by atoms with Gasteiger partial charge in [0.25, 0.3) is 5.69 Å². The van der Waals surface area contributed by atoms with Gasteiger partial charge in [-0.1, -0.05) is 0 Å². The molecule has 0 aliphatic heterocycles. The molecule has 0 fully saturated rings. The molecule has 0 unspecified atom stereocenters. The fourth-order valence-electron chi connectivity index (χ4n) is 1.03. The van der Waals surface area contributed by atoms with Crippen molar-refractivity contribution in [3.05, 3.63) is 28.7 Å². The third-order valence-electron chi connectivity index (χ3n) is 1.63. The smallest absolute Gasteiger partial charge is 0.259 e. The highest BCUT2D eigenvalue weighted by Gasteiger charge is 2.08. The van der Waals surface area contributed by atoms with Crippen molar-refractivity contribution in [3.8, 4) is 5.75 Å². The summed E-state index contributed by atoms with van der Waals surface area (Å²) in [7, 11) is 3.05. The standard InChI is InChI=1S/C9H12NO2/c1-7-4-8(10(2)11)6-9(5-7)12-3/h4-6H,1-3H3/q+1. The predicted molar refractivity (Wildman–Crippen MR) is 46.9 cm³/mol. The van der Waals surface area contributed by atoms with Crippen LogP contribution in [0.5, 0.6) is 5.75 Å². The number of nitrogens with zero attached hydrogens (tertiary/aromatic N) is 1. The molecule has 1 aromatic carbocycles. The van der Waals surface area contributed by atoms with Gasteiger partial charge in [0.15, 0.2) is 7.05 Å². The lowest BCUT2D eigenvalue weighted by Gasteiger charge is -1.99. The third kappa shape index (κ3) is 1.81. The molecule has 0 saturated carbocycles. The molecule has 3 nitrogen and oxygen atoms in total. The van der Waals surface area contributed by atoms with Crippen LogP contribution in [0.25, 0.3) is 0 Å². The van der Waals surface area contributed by atoms with E-state index in [0.717, 1.165) is 10.3 Å². The molecule has 3 heteroatoms. The minimum Gasteiger partial charge on any atom is -0.496 e. The molecule has 64 valence electrons. The molecule has 0 spiro atoms. The lowest BCUT2D eigenvalue weighted by atomic mass is 10.2. The number of methoxy groups -OCH3 is 1. The molecule has 12 heavy (non-hydrogen) atoms. The summed E-state index contributed by atoms with van der Waals surface area (Å²) in [5, 5.41) is 0. The van der Waals surface area contributed by atoms with Crippen LogP contribution < -0.4 is 4.74 Å². The molecule has 0 aliphatic rings. The summed E-state index contributed by atoms with van der Waals surface area (Å²) in [5.74, 6) is 0.715. The summed E-state index contributed by atoms with van der Waals surface area (Å²) < 4.78 is 5.84. The van der Waals surface area contributed by atoms with Crippen molar-refractivity contribution in [2.75, 3.05) is 14.2 Å². The maximum atomic E-state index is 10.9. The van der Waals surface area contributed by atoms with Crippen molar-refractivity contribution >= 4 is 5.69 Å². The highest BCUT2D eigenvalue weighted by Crippen LogP contribution is 2.21. The maximum Gasteiger partial charge on any atom is 0.259 e. The van der Waals surface area contributed by atoms with E-state index < -0.39 is 0 Å². The fourth-order valence-corrected chi connectivity index (χ4v) is 1.03. The first-order valence-electron chi connectivity index (χ1n) is 3.70. The van der Waals surface area contributed by atoms with E-state index in [4.69, 9.17) is 4.74 Å². The van der Waals surface area contributed by atoms with Gasteiger partial charge < -0.3 is 4.74 Å². The van der Waals surface area contributed by atoms with Gasteiger partial charge >= 0.3 is 0 Å². The van der Waals surface area contributed by atoms with Crippen LogP contribution in [0, 0.1) is 11.8 Å². The van der Waals surface area contributed by atoms with Gasteiger partial charge in [-0.3, -0.25) is 0 Å². The van der Waals surface area contributed by atoms with Gasteiger partial charge in [-0.15, -0.1) is 0 Å². The minimum absolute atomic E-state index is 0.617. The zero-order chi connectivity index (χ0) is 9.14. The van der Waals surface area contributed by atoms with E-state index in [2.05, 4.69) is 0 Å². The van der Waals surface area contributed by atoms with Crippen LogP contribution in [0.15, 0.2) is 18.2 Å². The quantitative estimate of drug-likeness (QED) is 0.629. The normalized spacial score (nSPS) is 9.58. The van der Waals surface area contributed by atoms with Crippen molar-refractivity contribution in [2.24, 2.45) is 0 Å². The van der Waals surface area contributed by atoms with E-state index in [1.807, 2.05) is 19.1 Å². The SMILES string of the molecule is COc1cc(C)cc([N+](C)=O)c1. The Balaban J connectivity index is 3.15. The highest BCUT2D eigenvalue weighted by atomic mass is 16.5. The first-order valence-corrected chi connectivity index (χ1v) is 3.70. The van der Waals surface area contributed by atoms with Crippen molar-refractivity contribution in [1.82, 2.24) is 0 Å². The van der Waals surface area contributed by atoms with Crippen LogP contribution in [0.4, 0.5) is 5.69 Å². The summed E-state index contributed by atoms with van der Waals surface area (Å²) in [6.45, 7) is 1.93. The molecular weight excluding hydrogens is 154 g/mol. The number of rotatable bonds is 2. The van der Waals surface area contributed by atoms with Crippen LogP contribution in [-0.2, 0) is 0 Å². The molecule has 0 atom stereocenters. The number of aryl methyl sites for hydroxylation is 1. The number of benzene rings is 1. The Morgan fingerprint density at radius 3 is 2.50 bits per heavy atom. The Morgan fingerprint density at radius 2 is 2.00 bits per heavy atom. The summed E-state index contributed by atoms with van der Waals surface area (Å²) in [4.78, 5) is 10.9. The van der Waals surface area contributed by atoms with Crippen molar-refractivity contribution < 1.29 is 9.50 Å². The van der Waals surface area contributed by atoms with Crippen LogP contribution in [0.2, 0.25) is 0 Å². The minimum atomic E-state index is 0.617. The van der Waals surface area contributed by atoms with E-state index in [9.17, 15) is 4.91 Å². The molecule has 0 radical (unpaired) electrons. The number of hydrogen-bond acceptors (Lipinski definition) is 2. The van der Waals surface area contributed by atoms with Gasteiger partial charge in [0, 0.05) is 15.7 Å². The average Bonchev–Trinajstić information content (AvgIpc) is 2.03. The van der Waals surface area contributed by atoms with Gasteiger partial charge in [-0.05, 0) is 18.6 Å². The Kier molecular flexibility index (Phi) is 2.43. The van der Waals surface area contributed by atoms with Crippen molar-refractivity contribution in [3.63, 3.8) is 0 Å². The predicted octanol–water partition coefficient (Wildman–Crippen LogP) is 2.04. The summed E-state index contributed by atoms with van der Waals surface area (Å²) in [6, 6.07) is 5.41.